The first-order valence-corrected chi connectivity index (χ1v) is 15.7. The number of unbranched alkanes of at least 4 members (excludes halogenated alkanes) is 1. The first kappa shape index (κ1) is 34.2. The zero-order valence-electron chi connectivity index (χ0n) is 26.4. The van der Waals surface area contributed by atoms with Gasteiger partial charge in [0.25, 0.3) is 5.69 Å². The van der Waals surface area contributed by atoms with Crippen LogP contribution in [0.25, 0.3) is 11.3 Å². The molecular formula is C34H39ClN4O7. The number of esters is 2. The van der Waals surface area contributed by atoms with Crippen molar-refractivity contribution in [3.8, 4) is 17.1 Å². The van der Waals surface area contributed by atoms with Crippen molar-refractivity contribution in [2.45, 2.75) is 59.3 Å². The van der Waals surface area contributed by atoms with Crippen molar-refractivity contribution >= 4 is 29.2 Å². The summed E-state index contributed by atoms with van der Waals surface area (Å²) in [6.07, 6.45) is 3.23. The summed E-state index contributed by atoms with van der Waals surface area (Å²) in [4.78, 5) is 37.6. The summed E-state index contributed by atoms with van der Waals surface area (Å²) in [6, 6.07) is 15.2. The average molecular weight is 651 g/mol. The molecule has 1 aromatic heterocycles. The van der Waals surface area contributed by atoms with Crippen LogP contribution in [-0.4, -0.2) is 46.9 Å². The fourth-order valence-corrected chi connectivity index (χ4v) is 5.56. The monoisotopic (exact) mass is 650 g/mol. The fraction of sp³-hybridized carbons (Fsp3) is 0.382. The van der Waals surface area contributed by atoms with Crippen molar-refractivity contribution in [2.24, 2.45) is 5.92 Å². The number of allylic oxidation sites excluding steroid dienone is 2. The van der Waals surface area contributed by atoms with Crippen molar-refractivity contribution in [1.82, 2.24) is 15.5 Å². The summed E-state index contributed by atoms with van der Waals surface area (Å²) >= 11 is 5.98. The van der Waals surface area contributed by atoms with E-state index in [0.29, 0.717) is 40.9 Å². The zero-order chi connectivity index (χ0) is 33.2. The summed E-state index contributed by atoms with van der Waals surface area (Å²) in [5.74, 6) is -1.28. The molecule has 1 aliphatic heterocycles. The minimum absolute atomic E-state index is 0.135. The minimum Gasteiger partial charge on any atom is -0.476 e. The van der Waals surface area contributed by atoms with Gasteiger partial charge in [0.1, 0.15) is 0 Å². The molecule has 2 aromatic carbocycles. The van der Waals surface area contributed by atoms with E-state index < -0.39 is 22.8 Å². The Labute approximate surface area is 273 Å². The first-order chi connectivity index (χ1) is 22.1. The van der Waals surface area contributed by atoms with Crippen molar-refractivity contribution < 1.29 is 28.7 Å². The Balaban J connectivity index is 1.34. The van der Waals surface area contributed by atoms with E-state index in [1.165, 1.54) is 18.2 Å². The Morgan fingerprint density at radius 1 is 1.00 bits per heavy atom. The van der Waals surface area contributed by atoms with Gasteiger partial charge >= 0.3 is 11.9 Å². The van der Waals surface area contributed by atoms with E-state index in [-0.39, 0.29) is 36.0 Å². The highest BCUT2D eigenvalue weighted by molar-refractivity contribution is 6.30. The number of rotatable bonds is 15. The molecule has 0 bridgehead atoms. The van der Waals surface area contributed by atoms with Gasteiger partial charge in [0.05, 0.1) is 47.5 Å². The molecule has 12 heteroatoms. The normalized spacial score (nSPS) is 15.3. The van der Waals surface area contributed by atoms with Crippen LogP contribution in [0.5, 0.6) is 5.88 Å². The van der Waals surface area contributed by atoms with E-state index in [1.54, 1.807) is 26.8 Å². The largest absolute Gasteiger partial charge is 0.476 e. The molecule has 2 unspecified atom stereocenters. The quantitative estimate of drug-likeness (QED) is 0.0751. The summed E-state index contributed by atoms with van der Waals surface area (Å²) in [5.41, 5.74) is 3.52. The number of hydrogen-bond acceptors (Lipinski definition) is 9. The standard InChI is InChI=1S/C34H39ClN4O7/c1-5-23(20-46-29-19-28(37-38-29)24-13-15-26(35)16-14-24)10-7-8-17-45-34(41)31-22(4)36-21(3)30(33(40)44-6-2)32(31)25-11-9-12-27(18-25)39(42)43/h9,11-16,18-19,23,32,36H,5-8,10,17,20H2,1-4H3,(H,37,38). The third-order valence-electron chi connectivity index (χ3n) is 7.88. The second-order valence-electron chi connectivity index (χ2n) is 11.1. The lowest BCUT2D eigenvalue weighted by molar-refractivity contribution is -0.384. The maximum Gasteiger partial charge on any atom is 0.336 e. The topological polar surface area (TPSA) is 146 Å². The number of non-ortho nitro benzene ring substituents is 1. The lowest BCUT2D eigenvalue weighted by Gasteiger charge is -2.30. The van der Waals surface area contributed by atoms with E-state index in [2.05, 4.69) is 22.4 Å². The van der Waals surface area contributed by atoms with E-state index in [4.69, 9.17) is 25.8 Å². The van der Waals surface area contributed by atoms with Gasteiger partial charge in [-0.3, -0.25) is 15.2 Å². The number of nitro groups is 1. The summed E-state index contributed by atoms with van der Waals surface area (Å²) in [5, 5.41) is 22.5. The van der Waals surface area contributed by atoms with Gasteiger partial charge in [0.2, 0.25) is 5.88 Å². The number of ether oxygens (including phenoxy) is 3. The Kier molecular flexibility index (Phi) is 12.0. The summed E-state index contributed by atoms with van der Waals surface area (Å²) in [6.45, 7) is 8.04. The molecule has 0 fully saturated rings. The van der Waals surface area contributed by atoms with Gasteiger partial charge in [-0.05, 0) is 69.2 Å². The van der Waals surface area contributed by atoms with Crippen LogP contribution in [0.4, 0.5) is 5.69 Å². The van der Waals surface area contributed by atoms with Gasteiger partial charge in [-0.15, -0.1) is 5.10 Å². The van der Waals surface area contributed by atoms with Crippen LogP contribution in [0, 0.1) is 16.0 Å². The highest BCUT2D eigenvalue weighted by Gasteiger charge is 2.38. The second kappa shape index (κ2) is 16.1. The number of nitrogens with zero attached hydrogens (tertiary/aromatic N) is 2. The third-order valence-corrected chi connectivity index (χ3v) is 8.14. The lowest BCUT2D eigenvalue weighted by atomic mass is 9.80. The molecule has 2 heterocycles. The van der Waals surface area contributed by atoms with E-state index >= 15 is 0 Å². The molecule has 244 valence electrons. The predicted molar refractivity (Wildman–Crippen MR) is 174 cm³/mol. The molecule has 0 aliphatic carbocycles. The van der Waals surface area contributed by atoms with Crippen LogP contribution in [0.15, 0.2) is 77.1 Å². The van der Waals surface area contributed by atoms with Crippen LogP contribution < -0.4 is 10.1 Å². The molecule has 0 amide bonds. The number of hydrogen-bond donors (Lipinski definition) is 2. The predicted octanol–water partition coefficient (Wildman–Crippen LogP) is 7.25. The van der Waals surface area contributed by atoms with Crippen molar-refractivity contribution in [3.63, 3.8) is 0 Å². The molecular weight excluding hydrogens is 612 g/mol. The molecule has 2 N–H and O–H groups in total. The third kappa shape index (κ3) is 8.54. The molecule has 3 aromatic rings. The number of benzene rings is 2. The van der Waals surface area contributed by atoms with Crippen LogP contribution in [0.3, 0.4) is 0 Å². The minimum atomic E-state index is -0.892. The first-order valence-electron chi connectivity index (χ1n) is 15.3. The van der Waals surface area contributed by atoms with Gasteiger partial charge in [0.15, 0.2) is 0 Å². The Morgan fingerprint density at radius 3 is 2.35 bits per heavy atom. The highest BCUT2D eigenvalue weighted by Crippen LogP contribution is 2.40. The zero-order valence-corrected chi connectivity index (χ0v) is 27.2. The number of nitrogens with one attached hydrogen (secondary N) is 2. The van der Waals surface area contributed by atoms with Crippen LogP contribution in [-0.2, 0) is 19.1 Å². The van der Waals surface area contributed by atoms with E-state index in [9.17, 15) is 19.7 Å². The van der Waals surface area contributed by atoms with Crippen LogP contribution in [0.1, 0.15) is 64.9 Å². The molecule has 4 rings (SSSR count). The van der Waals surface area contributed by atoms with Gasteiger partial charge in [-0.2, -0.15) is 0 Å². The Bertz CT molecular complexity index is 1610. The molecule has 0 saturated heterocycles. The highest BCUT2D eigenvalue weighted by atomic mass is 35.5. The SMILES string of the molecule is CCOC(=O)C1=C(C)NC(C)=C(C(=O)OCCCCC(CC)COc2cc(-c3ccc(Cl)cc3)[nH]n2)C1c1cccc([N+](=O)[O-])c1. The maximum atomic E-state index is 13.5. The molecule has 11 nitrogen and oxygen atoms in total. The number of aromatic nitrogens is 2. The lowest BCUT2D eigenvalue weighted by Crippen LogP contribution is -2.32. The summed E-state index contributed by atoms with van der Waals surface area (Å²) in [7, 11) is 0. The van der Waals surface area contributed by atoms with Crippen LogP contribution >= 0.6 is 11.6 Å². The molecule has 0 radical (unpaired) electrons. The summed E-state index contributed by atoms with van der Waals surface area (Å²) < 4.78 is 17.0. The molecule has 0 spiro atoms. The average Bonchev–Trinajstić information content (AvgIpc) is 3.51. The number of halogens is 1. The van der Waals surface area contributed by atoms with Gasteiger partial charge in [-0.25, -0.2) is 9.59 Å². The van der Waals surface area contributed by atoms with Crippen molar-refractivity contribution in [3.05, 3.63) is 97.8 Å². The smallest absolute Gasteiger partial charge is 0.336 e. The Hall–Kier alpha value is -4.64. The molecule has 2 atom stereocenters. The molecule has 46 heavy (non-hydrogen) atoms. The number of dihydropyridines is 1. The van der Waals surface area contributed by atoms with Gasteiger partial charge < -0.3 is 19.5 Å². The fourth-order valence-electron chi connectivity index (χ4n) is 5.44. The van der Waals surface area contributed by atoms with Gasteiger partial charge in [0, 0.05) is 34.6 Å². The molecule has 0 saturated carbocycles. The number of aromatic amines is 1. The maximum absolute atomic E-state index is 13.5. The number of H-pyrrole nitrogens is 1. The van der Waals surface area contributed by atoms with Crippen molar-refractivity contribution in [2.75, 3.05) is 19.8 Å². The van der Waals surface area contributed by atoms with Crippen molar-refractivity contribution in [1.29, 1.82) is 0 Å². The second-order valence-corrected chi connectivity index (χ2v) is 11.5. The van der Waals surface area contributed by atoms with E-state index in [0.717, 1.165) is 30.5 Å². The number of carbonyl (C=O) groups excluding carboxylic acids is 2. The Morgan fingerprint density at radius 2 is 1.70 bits per heavy atom. The number of nitro benzene ring substituents is 1. The van der Waals surface area contributed by atoms with Gasteiger partial charge in [-0.1, -0.05) is 49.2 Å². The van der Waals surface area contributed by atoms with E-state index in [1.807, 2.05) is 30.3 Å². The number of carbonyl (C=O) groups is 2. The molecule has 1 aliphatic rings. The van der Waals surface area contributed by atoms with Crippen LogP contribution in [0.2, 0.25) is 5.02 Å².